The second-order valence-corrected chi connectivity index (χ2v) is 14.9. The molecule has 2 aromatic rings. The minimum Gasteiger partial charge on any atom is -0.458 e. The zero-order valence-electron chi connectivity index (χ0n) is 29.7. The summed E-state index contributed by atoms with van der Waals surface area (Å²) in [4.78, 5) is 69.3. The van der Waals surface area contributed by atoms with Crippen LogP contribution in [0.5, 0.6) is 0 Å². The lowest BCUT2D eigenvalue weighted by atomic mass is 9.93. The molecule has 0 spiro atoms. The lowest BCUT2D eigenvalue weighted by molar-refractivity contribution is -0.159. The van der Waals surface area contributed by atoms with Crippen LogP contribution in [0, 0.1) is 0 Å². The zero-order chi connectivity index (χ0) is 36.4. The van der Waals surface area contributed by atoms with Gasteiger partial charge in [0.15, 0.2) is 0 Å². The van der Waals surface area contributed by atoms with Crippen LogP contribution in [0.3, 0.4) is 0 Å². The molecular weight excluding hydrogens is 644 g/mol. The number of rotatable bonds is 13. The summed E-state index contributed by atoms with van der Waals surface area (Å²) in [6.45, 7) is 10.4. The van der Waals surface area contributed by atoms with Crippen molar-refractivity contribution in [2.75, 3.05) is 12.8 Å². The minimum absolute atomic E-state index is 0.0404. The van der Waals surface area contributed by atoms with E-state index in [0.29, 0.717) is 25.7 Å². The Bertz CT molecular complexity index is 1430. The Labute approximate surface area is 295 Å². The molecule has 0 aliphatic heterocycles. The van der Waals surface area contributed by atoms with Crippen molar-refractivity contribution in [1.29, 1.82) is 0 Å². The highest BCUT2D eigenvalue weighted by Crippen LogP contribution is 2.32. The molecule has 49 heavy (non-hydrogen) atoms. The van der Waals surface area contributed by atoms with Gasteiger partial charge >= 0.3 is 12.1 Å². The largest absolute Gasteiger partial charge is 0.458 e. The monoisotopic (exact) mass is 696 g/mol. The Morgan fingerprint density at radius 3 is 1.71 bits per heavy atom. The van der Waals surface area contributed by atoms with Gasteiger partial charge in [0.2, 0.25) is 17.7 Å². The number of amides is 4. The predicted molar refractivity (Wildman–Crippen MR) is 191 cm³/mol. The standard InChI is InChI=1S/C37H52N4O7S/c1-35(2,3)47-32(44)28(23-26-18-12-9-13-19-26)38-31(43)29(24-49)41(7)33(45)37(20-14-15-21-37)40-30(42)27(22-25-16-10-8-11-17-25)39-34(46)48-36(4,5)6/h8-13,16-19,27-29,49H,14-15,20-24H2,1-7H3,(H,38,43)(H,39,46)(H,40,42)/t27-,28-,29-/m0/s1. The maximum Gasteiger partial charge on any atom is 0.408 e. The van der Waals surface area contributed by atoms with Crippen molar-refractivity contribution in [2.24, 2.45) is 0 Å². The van der Waals surface area contributed by atoms with Gasteiger partial charge in [0, 0.05) is 25.6 Å². The number of thiol groups is 1. The van der Waals surface area contributed by atoms with E-state index in [1.54, 1.807) is 41.5 Å². The Morgan fingerprint density at radius 1 is 0.755 bits per heavy atom. The number of carbonyl (C=O) groups excluding carboxylic acids is 5. The van der Waals surface area contributed by atoms with Crippen LogP contribution < -0.4 is 16.0 Å². The number of ether oxygens (including phenoxy) is 2. The van der Waals surface area contributed by atoms with Gasteiger partial charge in [-0.3, -0.25) is 14.4 Å². The number of alkyl carbamates (subject to hydrolysis) is 1. The third-order valence-corrected chi connectivity index (χ3v) is 8.42. The quantitative estimate of drug-likeness (QED) is 0.180. The fraction of sp³-hybridized carbons (Fsp3) is 0.541. The Morgan fingerprint density at radius 2 is 1.24 bits per heavy atom. The van der Waals surface area contributed by atoms with Crippen molar-refractivity contribution in [2.45, 2.75) is 115 Å². The molecule has 0 heterocycles. The summed E-state index contributed by atoms with van der Waals surface area (Å²) in [7, 11) is 1.50. The highest BCUT2D eigenvalue weighted by Gasteiger charge is 2.47. The molecule has 3 N–H and O–H groups in total. The molecular formula is C37H52N4O7S. The van der Waals surface area contributed by atoms with Crippen LogP contribution in [-0.4, -0.2) is 82.4 Å². The zero-order valence-corrected chi connectivity index (χ0v) is 30.6. The van der Waals surface area contributed by atoms with Crippen molar-refractivity contribution in [3.63, 3.8) is 0 Å². The van der Waals surface area contributed by atoms with E-state index in [0.717, 1.165) is 11.1 Å². The van der Waals surface area contributed by atoms with Gasteiger partial charge in [-0.15, -0.1) is 0 Å². The van der Waals surface area contributed by atoms with E-state index in [4.69, 9.17) is 9.47 Å². The average molecular weight is 697 g/mol. The number of carbonyl (C=O) groups is 5. The highest BCUT2D eigenvalue weighted by atomic mass is 32.1. The van der Waals surface area contributed by atoms with Crippen molar-refractivity contribution in [3.8, 4) is 0 Å². The molecule has 1 saturated carbocycles. The van der Waals surface area contributed by atoms with Crippen LogP contribution in [0.2, 0.25) is 0 Å². The van der Waals surface area contributed by atoms with Gasteiger partial charge in [0.25, 0.3) is 0 Å². The van der Waals surface area contributed by atoms with Gasteiger partial charge in [-0.25, -0.2) is 9.59 Å². The molecule has 0 unspecified atom stereocenters. The van der Waals surface area contributed by atoms with Crippen LogP contribution in [0.25, 0.3) is 0 Å². The first-order chi connectivity index (χ1) is 22.9. The Balaban J connectivity index is 1.83. The van der Waals surface area contributed by atoms with Gasteiger partial charge in [0.05, 0.1) is 0 Å². The number of benzene rings is 2. The maximum absolute atomic E-state index is 14.3. The first-order valence-corrected chi connectivity index (χ1v) is 17.4. The molecule has 4 amide bonds. The minimum atomic E-state index is -1.31. The number of esters is 1. The van der Waals surface area contributed by atoms with Gasteiger partial charge in [0.1, 0.15) is 34.9 Å². The normalized spacial score (nSPS) is 16.0. The second kappa shape index (κ2) is 17.0. The predicted octanol–water partition coefficient (Wildman–Crippen LogP) is 4.38. The number of nitrogens with zero attached hydrogens (tertiary/aromatic N) is 1. The van der Waals surface area contributed by atoms with Gasteiger partial charge < -0.3 is 30.3 Å². The fourth-order valence-electron chi connectivity index (χ4n) is 5.75. The topological polar surface area (TPSA) is 143 Å². The van der Waals surface area contributed by atoms with Gasteiger partial charge in [-0.1, -0.05) is 73.5 Å². The number of nitrogens with one attached hydrogen (secondary N) is 3. The van der Waals surface area contributed by atoms with E-state index in [1.807, 2.05) is 60.7 Å². The maximum atomic E-state index is 14.3. The number of hydrogen-bond acceptors (Lipinski definition) is 8. The number of hydrogen-bond donors (Lipinski definition) is 4. The summed E-state index contributed by atoms with van der Waals surface area (Å²) >= 11 is 4.41. The van der Waals surface area contributed by atoms with E-state index < -0.39 is 64.7 Å². The summed E-state index contributed by atoms with van der Waals surface area (Å²) in [6.07, 6.45) is 1.65. The van der Waals surface area contributed by atoms with E-state index >= 15 is 0 Å². The van der Waals surface area contributed by atoms with Gasteiger partial charge in [-0.05, 0) is 65.5 Å². The van der Waals surface area contributed by atoms with Crippen LogP contribution in [0.1, 0.15) is 78.4 Å². The summed E-state index contributed by atoms with van der Waals surface area (Å²) in [6, 6.07) is 15.4. The third-order valence-electron chi connectivity index (χ3n) is 8.07. The Hall–Kier alpha value is -4.06. The fourth-order valence-corrected chi connectivity index (χ4v) is 6.16. The van der Waals surface area contributed by atoms with Gasteiger partial charge in [-0.2, -0.15) is 12.6 Å². The number of likely N-dealkylation sites (N-methyl/N-ethyl adjacent to an activating group) is 1. The van der Waals surface area contributed by atoms with Crippen LogP contribution in [0.15, 0.2) is 60.7 Å². The second-order valence-electron chi connectivity index (χ2n) is 14.6. The average Bonchev–Trinajstić information content (AvgIpc) is 3.49. The first kappa shape index (κ1) is 39.4. The molecule has 12 heteroatoms. The molecule has 3 rings (SSSR count). The molecule has 3 atom stereocenters. The van der Waals surface area contributed by atoms with E-state index in [2.05, 4.69) is 28.6 Å². The molecule has 2 aromatic carbocycles. The summed E-state index contributed by atoms with van der Waals surface area (Å²) in [5, 5.41) is 8.45. The molecule has 1 aliphatic carbocycles. The molecule has 1 fully saturated rings. The smallest absolute Gasteiger partial charge is 0.408 e. The van der Waals surface area contributed by atoms with E-state index in [1.165, 1.54) is 11.9 Å². The molecule has 268 valence electrons. The van der Waals surface area contributed by atoms with Crippen molar-refractivity contribution in [3.05, 3.63) is 71.8 Å². The molecule has 1 aliphatic rings. The summed E-state index contributed by atoms with van der Waals surface area (Å²) < 4.78 is 11.0. The highest BCUT2D eigenvalue weighted by molar-refractivity contribution is 7.80. The van der Waals surface area contributed by atoms with Crippen molar-refractivity contribution in [1.82, 2.24) is 20.9 Å². The van der Waals surface area contributed by atoms with Crippen LogP contribution in [-0.2, 0) is 41.5 Å². The molecule has 0 saturated heterocycles. The SMILES string of the molecule is CN(C(=O)C1(NC(=O)[C@H](Cc2ccccc2)NC(=O)OC(C)(C)C)CCCC1)[C@@H](CS)C(=O)N[C@@H](Cc1ccccc1)C(=O)OC(C)(C)C. The first-order valence-electron chi connectivity index (χ1n) is 16.7. The Kier molecular flexibility index (Phi) is 13.7. The van der Waals surface area contributed by atoms with Crippen LogP contribution >= 0.6 is 12.6 Å². The van der Waals surface area contributed by atoms with Crippen LogP contribution in [0.4, 0.5) is 4.79 Å². The van der Waals surface area contributed by atoms with E-state index in [9.17, 15) is 24.0 Å². The third kappa shape index (κ3) is 12.1. The molecule has 11 nitrogen and oxygen atoms in total. The van der Waals surface area contributed by atoms with Crippen molar-refractivity contribution >= 4 is 42.4 Å². The molecule has 0 aromatic heterocycles. The van der Waals surface area contributed by atoms with Crippen molar-refractivity contribution < 1.29 is 33.4 Å². The summed E-state index contributed by atoms with van der Waals surface area (Å²) in [5.41, 5.74) is -1.24. The molecule has 0 bridgehead atoms. The lowest BCUT2D eigenvalue weighted by Crippen LogP contribution is -2.64. The van der Waals surface area contributed by atoms with E-state index in [-0.39, 0.29) is 18.6 Å². The lowest BCUT2D eigenvalue weighted by Gasteiger charge is -2.37. The molecule has 0 radical (unpaired) electrons. The summed E-state index contributed by atoms with van der Waals surface area (Å²) in [5.74, 6) is -2.22.